The Hall–Kier alpha value is -2.04. The van der Waals surface area contributed by atoms with Crippen LogP contribution in [0.25, 0.3) is 4.96 Å². The van der Waals surface area contributed by atoms with E-state index in [4.69, 9.17) is 4.74 Å². The third kappa shape index (κ3) is 4.35. The fourth-order valence-corrected chi connectivity index (χ4v) is 5.44. The Balaban J connectivity index is 1.49. The minimum atomic E-state index is -3.14. The average Bonchev–Trinajstić information content (AvgIpc) is 3.26. The number of aromatic nitrogens is 4. The zero-order valence-electron chi connectivity index (χ0n) is 17.7. The fourth-order valence-electron chi connectivity index (χ4n) is 3.81. The predicted octanol–water partition coefficient (Wildman–Crippen LogP) is 3.34. The predicted molar refractivity (Wildman–Crippen MR) is 117 cm³/mol. The Labute approximate surface area is 180 Å². The summed E-state index contributed by atoms with van der Waals surface area (Å²) in [6.45, 7) is 7.75. The van der Waals surface area contributed by atoms with Crippen molar-refractivity contribution in [3.05, 3.63) is 40.2 Å². The molecule has 0 saturated carbocycles. The molecule has 4 rings (SSSR count). The molecule has 0 aliphatic carbocycles. The van der Waals surface area contributed by atoms with Crippen LogP contribution in [0, 0.1) is 6.92 Å². The lowest BCUT2D eigenvalue weighted by Crippen LogP contribution is -2.37. The van der Waals surface area contributed by atoms with Crippen LogP contribution in [0.4, 0.5) is 0 Å². The maximum atomic E-state index is 11.7. The first-order valence-electron chi connectivity index (χ1n) is 10.1. The van der Waals surface area contributed by atoms with Crippen molar-refractivity contribution in [3.63, 3.8) is 0 Å². The summed E-state index contributed by atoms with van der Waals surface area (Å²) < 4.78 is 32.9. The molecular weight excluding hydrogens is 422 g/mol. The number of benzene rings is 1. The maximum absolute atomic E-state index is 11.7. The number of aryl methyl sites for hydroxylation is 1. The molecule has 1 fully saturated rings. The third-order valence-electron chi connectivity index (χ3n) is 5.49. The van der Waals surface area contributed by atoms with Gasteiger partial charge in [0.15, 0.2) is 10.8 Å². The fraction of sp³-hybridized carbons (Fsp3) is 0.550. The highest BCUT2D eigenvalue weighted by molar-refractivity contribution is 7.88. The normalized spacial score (nSPS) is 16.6. The zero-order valence-corrected chi connectivity index (χ0v) is 19.3. The maximum Gasteiger partial charge on any atom is 0.234 e. The van der Waals surface area contributed by atoms with Crippen molar-refractivity contribution in [2.24, 2.45) is 0 Å². The van der Waals surface area contributed by atoms with E-state index in [0.717, 1.165) is 39.9 Å². The van der Waals surface area contributed by atoms with Gasteiger partial charge >= 0.3 is 0 Å². The second-order valence-electron chi connectivity index (χ2n) is 8.17. The lowest BCUT2D eigenvalue weighted by Gasteiger charge is -2.28. The first kappa shape index (κ1) is 21.2. The molecule has 10 heteroatoms. The second kappa shape index (κ2) is 8.24. The first-order valence-corrected chi connectivity index (χ1v) is 12.8. The summed E-state index contributed by atoms with van der Waals surface area (Å²) in [6, 6.07) is 6.29. The van der Waals surface area contributed by atoms with Gasteiger partial charge in [0.05, 0.1) is 6.26 Å². The minimum Gasteiger partial charge on any atom is -0.486 e. The molecule has 0 spiro atoms. The van der Waals surface area contributed by atoms with E-state index >= 15 is 0 Å². The van der Waals surface area contributed by atoms with Crippen LogP contribution in [-0.2, 0) is 16.6 Å². The van der Waals surface area contributed by atoms with E-state index in [0.29, 0.717) is 25.6 Å². The third-order valence-corrected chi connectivity index (χ3v) is 7.66. The smallest absolute Gasteiger partial charge is 0.234 e. The van der Waals surface area contributed by atoms with Gasteiger partial charge in [-0.05, 0) is 42.9 Å². The van der Waals surface area contributed by atoms with Gasteiger partial charge in [-0.3, -0.25) is 0 Å². The van der Waals surface area contributed by atoms with Gasteiger partial charge in [0, 0.05) is 19.0 Å². The quantitative estimate of drug-likeness (QED) is 0.573. The highest BCUT2D eigenvalue weighted by Gasteiger charge is 2.29. The van der Waals surface area contributed by atoms with Gasteiger partial charge in [-0.15, -0.1) is 10.2 Å². The topological polar surface area (TPSA) is 89.7 Å². The van der Waals surface area contributed by atoms with Crippen molar-refractivity contribution < 1.29 is 13.2 Å². The molecule has 30 heavy (non-hydrogen) atoms. The second-order valence-corrected chi connectivity index (χ2v) is 11.2. The standard InChI is InChI=1S/C20H27N5O3S2/c1-13(2)16-6-5-14(3)11-17(16)28-12-18-23-25-19(21-22-20(25)29-18)15-7-9-24(10-8-15)30(4,26)27/h5-6,11,13,15H,7-10,12H2,1-4H3. The van der Waals surface area contributed by atoms with Crippen molar-refractivity contribution in [1.29, 1.82) is 0 Å². The molecule has 2 aromatic heterocycles. The van der Waals surface area contributed by atoms with E-state index in [1.165, 1.54) is 27.5 Å². The molecule has 1 saturated heterocycles. The largest absolute Gasteiger partial charge is 0.486 e. The van der Waals surface area contributed by atoms with E-state index in [9.17, 15) is 8.42 Å². The van der Waals surface area contributed by atoms with Crippen molar-refractivity contribution in [2.75, 3.05) is 19.3 Å². The Bertz CT molecular complexity index is 1140. The van der Waals surface area contributed by atoms with Gasteiger partial charge in [0.2, 0.25) is 15.0 Å². The van der Waals surface area contributed by atoms with Gasteiger partial charge in [-0.25, -0.2) is 12.7 Å². The molecule has 0 unspecified atom stereocenters. The SMILES string of the molecule is Cc1ccc(C(C)C)c(OCc2nn3c(C4CCN(S(C)(=O)=O)CC4)nnc3s2)c1. The van der Waals surface area contributed by atoms with Crippen LogP contribution in [0.2, 0.25) is 0 Å². The summed E-state index contributed by atoms with van der Waals surface area (Å²) >= 11 is 1.47. The highest BCUT2D eigenvalue weighted by Crippen LogP contribution is 2.31. The molecule has 0 bridgehead atoms. The molecule has 0 radical (unpaired) electrons. The molecule has 1 aliphatic heterocycles. The van der Waals surface area contributed by atoms with Crippen molar-refractivity contribution in [1.82, 2.24) is 24.1 Å². The van der Waals surface area contributed by atoms with E-state index in [-0.39, 0.29) is 5.92 Å². The van der Waals surface area contributed by atoms with Gasteiger partial charge in [-0.1, -0.05) is 37.3 Å². The summed E-state index contributed by atoms with van der Waals surface area (Å²) in [5.41, 5.74) is 2.34. The van der Waals surface area contributed by atoms with E-state index in [1.807, 2.05) is 0 Å². The molecule has 3 heterocycles. The number of ether oxygens (including phenoxy) is 1. The van der Waals surface area contributed by atoms with E-state index in [2.05, 4.69) is 54.3 Å². The van der Waals surface area contributed by atoms with Gasteiger partial charge < -0.3 is 4.74 Å². The van der Waals surface area contributed by atoms with Gasteiger partial charge in [0.1, 0.15) is 12.4 Å². The van der Waals surface area contributed by atoms with Crippen LogP contribution in [0.1, 0.15) is 60.5 Å². The molecule has 162 valence electrons. The number of rotatable bonds is 6. The van der Waals surface area contributed by atoms with Crippen molar-refractivity contribution in [3.8, 4) is 5.75 Å². The summed E-state index contributed by atoms with van der Waals surface area (Å²) in [7, 11) is -3.14. The van der Waals surface area contributed by atoms with Crippen LogP contribution in [0.15, 0.2) is 18.2 Å². The van der Waals surface area contributed by atoms with Crippen LogP contribution >= 0.6 is 11.3 Å². The number of hydrogen-bond donors (Lipinski definition) is 0. The van der Waals surface area contributed by atoms with Crippen LogP contribution in [-0.4, -0.2) is 51.9 Å². The van der Waals surface area contributed by atoms with Gasteiger partial charge in [0.25, 0.3) is 0 Å². The number of piperidine rings is 1. The molecule has 0 atom stereocenters. The number of nitrogens with zero attached hydrogens (tertiary/aromatic N) is 5. The summed E-state index contributed by atoms with van der Waals surface area (Å²) in [5.74, 6) is 2.23. The molecular formula is C20H27N5O3S2. The monoisotopic (exact) mass is 449 g/mol. The number of sulfonamides is 1. The first-order chi connectivity index (χ1) is 14.2. The molecule has 1 aliphatic rings. The highest BCUT2D eigenvalue weighted by atomic mass is 32.2. The molecule has 0 N–H and O–H groups in total. The van der Waals surface area contributed by atoms with Crippen LogP contribution in [0.3, 0.4) is 0 Å². The average molecular weight is 450 g/mol. The minimum absolute atomic E-state index is 0.151. The molecule has 3 aromatic rings. The Morgan fingerprint density at radius 1 is 1.23 bits per heavy atom. The van der Waals surface area contributed by atoms with Crippen LogP contribution < -0.4 is 4.74 Å². The number of fused-ring (bicyclic) bond motifs is 1. The van der Waals surface area contributed by atoms with Crippen molar-refractivity contribution >= 4 is 26.3 Å². The zero-order chi connectivity index (χ0) is 21.5. The van der Waals surface area contributed by atoms with Crippen LogP contribution in [0.5, 0.6) is 5.75 Å². The molecule has 1 aromatic carbocycles. The Morgan fingerprint density at radius 3 is 2.63 bits per heavy atom. The lowest BCUT2D eigenvalue weighted by molar-refractivity contribution is 0.298. The van der Waals surface area contributed by atoms with Gasteiger partial charge in [-0.2, -0.15) is 9.61 Å². The van der Waals surface area contributed by atoms with E-state index < -0.39 is 10.0 Å². The lowest BCUT2D eigenvalue weighted by atomic mass is 9.97. The summed E-state index contributed by atoms with van der Waals surface area (Å²) in [5, 5.41) is 14.1. The Morgan fingerprint density at radius 2 is 1.97 bits per heavy atom. The van der Waals surface area contributed by atoms with E-state index in [1.54, 1.807) is 4.52 Å². The number of hydrogen-bond acceptors (Lipinski definition) is 7. The summed E-state index contributed by atoms with van der Waals surface area (Å²) in [6.07, 6.45) is 2.70. The Kier molecular flexibility index (Phi) is 5.82. The van der Waals surface area contributed by atoms with Crippen molar-refractivity contribution in [2.45, 2.75) is 52.1 Å². The molecule has 8 nitrogen and oxygen atoms in total. The molecule has 0 amide bonds. The summed E-state index contributed by atoms with van der Waals surface area (Å²) in [4.78, 5) is 0.738.